The quantitative estimate of drug-likeness (QED) is 0.748. The van der Waals surface area contributed by atoms with Crippen LogP contribution < -0.4 is 10.5 Å². The van der Waals surface area contributed by atoms with Crippen molar-refractivity contribution in [1.82, 2.24) is 0 Å². The lowest BCUT2D eigenvalue weighted by molar-refractivity contribution is -0.0570. The first-order valence-corrected chi connectivity index (χ1v) is 7.52. The molecule has 1 rings (SSSR count). The normalized spacial score (nSPS) is 14.8. The van der Waals surface area contributed by atoms with Crippen LogP contribution in [0.3, 0.4) is 0 Å². The molecule has 0 aliphatic rings. The molecule has 2 unspecified atom stereocenters. The van der Waals surface area contributed by atoms with Crippen molar-refractivity contribution in [3.8, 4) is 5.75 Å². The van der Waals surface area contributed by atoms with E-state index in [1.54, 1.807) is 7.11 Å². The smallest absolute Gasteiger partial charge is 0.119 e. The molecule has 2 N–H and O–H groups in total. The summed E-state index contributed by atoms with van der Waals surface area (Å²) in [5.74, 6) is 0.815. The van der Waals surface area contributed by atoms with Crippen molar-refractivity contribution in [2.24, 2.45) is 5.73 Å². The minimum Gasteiger partial charge on any atom is -0.497 e. The van der Waals surface area contributed by atoms with Gasteiger partial charge in [0, 0.05) is 6.04 Å². The van der Waals surface area contributed by atoms with Gasteiger partial charge in [0.25, 0.3) is 0 Å². The van der Waals surface area contributed by atoms with E-state index < -0.39 is 0 Å². The Morgan fingerprint density at radius 2 is 1.90 bits per heavy atom. The second-order valence-corrected chi connectivity index (χ2v) is 6.10. The Morgan fingerprint density at radius 3 is 2.48 bits per heavy atom. The van der Waals surface area contributed by atoms with E-state index in [1.807, 2.05) is 45.0 Å². The van der Waals surface area contributed by atoms with Gasteiger partial charge in [-0.3, -0.25) is 0 Å². The van der Waals surface area contributed by atoms with Crippen molar-refractivity contribution in [1.29, 1.82) is 0 Å². The lowest BCUT2D eigenvalue weighted by Crippen LogP contribution is -2.31. The molecule has 1 aromatic rings. The lowest BCUT2D eigenvalue weighted by atomic mass is 10.0. The molecule has 0 aliphatic heterocycles. The number of methoxy groups -OCH3 is 1. The van der Waals surface area contributed by atoms with Crippen LogP contribution in [-0.4, -0.2) is 32.0 Å². The van der Waals surface area contributed by atoms with Gasteiger partial charge in [0.05, 0.1) is 32.0 Å². The van der Waals surface area contributed by atoms with Gasteiger partial charge in [-0.05, 0) is 44.9 Å². The van der Waals surface area contributed by atoms with Crippen LogP contribution in [0.4, 0.5) is 0 Å². The number of hydrogen-bond acceptors (Lipinski definition) is 4. The maximum Gasteiger partial charge on any atom is 0.119 e. The molecule has 1 aromatic carbocycles. The zero-order valence-corrected chi connectivity index (χ0v) is 13.9. The van der Waals surface area contributed by atoms with Gasteiger partial charge < -0.3 is 19.9 Å². The van der Waals surface area contributed by atoms with E-state index >= 15 is 0 Å². The summed E-state index contributed by atoms with van der Waals surface area (Å²) in [7, 11) is 1.66. The highest BCUT2D eigenvalue weighted by Gasteiger charge is 2.20. The number of benzene rings is 1. The van der Waals surface area contributed by atoms with Crippen molar-refractivity contribution in [2.45, 2.75) is 51.9 Å². The van der Waals surface area contributed by atoms with Crippen LogP contribution in [0.25, 0.3) is 0 Å². The summed E-state index contributed by atoms with van der Waals surface area (Å²) in [6.45, 7) is 9.24. The van der Waals surface area contributed by atoms with Crippen LogP contribution in [0.15, 0.2) is 24.3 Å². The van der Waals surface area contributed by atoms with Gasteiger partial charge in [0.1, 0.15) is 5.75 Å². The van der Waals surface area contributed by atoms with E-state index in [4.69, 9.17) is 19.9 Å². The molecule has 120 valence electrons. The Hall–Kier alpha value is -1.10. The highest BCUT2D eigenvalue weighted by atomic mass is 16.5. The third-order valence-corrected chi connectivity index (χ3v) is 3.20. The first-order valence-electron chi connectivity index (χ1n) is 7.52. The molecule has 0 spiro atoms. The third kappa shape index (κ3) is 6.46. The zero-order valence-electron chi connectivity index (χ0n) is 13.9. The van der Waals surface area contributed by atoms with Gasteiger partial charge in [-0.1, -0.05) is 19.1 Å². The molecule has 21 heavy (non-hydrogen) atoms. The standard InChI is InChI=1S/C17H29NO3/c1-6-15(18)16(20-10-11-21-17(2,3)4)13-8-7-9-14(12-13)19-5/h7-9,12,15-16H,6,10-11,18H2,1-5H3. The molecule has 0 heterocycles. The summed E-state index contributed by atoms with van der Waals surface area (Å²) < 4.78 is 16.9. The number of ether oxygens (including phenoxy) is 3. The lowest BCUT2D eigenvalue weighted by Gasteiger charge is -2.25. The number of hydrogen-bond donors (Lipinski definition) is 1. The van der Waals surface area contributed by atoms with Crippen LogP contribution >= 0.6 is 0 Å². The monoisotopic (exact) mass is 295 g/mol. The average molecular weight is 295 g/mol. The highest BCUT2D eigenvalue weighted by molar-refractivity contribution is 5.30. The van der Waals surface area contributed by atoms with Crippen LogP contribution in [0.5, 0.6) is 5.75 Å². The molecular weight excluding hydrogens is 266 g/mol. The molecule has 4 nitrogen and oxygen atoms in total. The molecule has 2 atom stereocenters. The second kappa shape index (κ2) is 8.37. The minimum absolute atomic E-state index is 0.0493. The van der Waals surface area contributed by atoms with Crippen LogP contribution in [0.2, 0.25) is 0 Å². The van der Waals surface area contributed by atoms with E-state index in [-0.39, 0.29) is 17.7 Å². The predicted octanol–water partition coefficient (Wildman–Crippen LogP) is 3.31. The van der Waals surface area contributed by atoms with Gasteiger partial charge in [-0.25, -0.2) is 0 Å². The SMILES string of the molecule is CCC(N)C(OCCOC(C)(C)C)c1cccc(OC)c1. The van der Waals surface area contributed by atoms with Gasteiger partial charge in [0.15, 0.2) is 0 Å². The Labute approximate surface area is 128 Å². The summed E-state index contributed by atoms with van der Waals surface area (Å²) in [6, 6.07) is 7.82. The van der Waals surface area contributed by atoms with Crippen molar-refractivity contribution < 1.29 is 14.2 Å². The molecule has 4 heteroatoms. The largest absolute Gasteiger partial charge is 0.497 e. The van der Waals surface area contributed by atoms with Gasteiger partial charge >= 0.3 is 0 Å². The molecule has 0 saturated heterocycles. The topological polar surface area (TPSA) is 53.7 Å². The molecule has 0 bridgehead atoms. The number of rotatable bonds is 8. The predicted molar refractivity (Wildman–Crippen MR) is 85.7 cm³/mol. The van der Waals surface area contributed by atoms with Gasteiger partial charge in [-0.2, -0.15) is 0 Å². The molecular formula is C17H29NO3. The van der Waals surface area contributed by atoms with Crippen molar-refractivity contribution in [3.63, 3.8) is 0 Å². The fourth-order valence-corrected chi connectivity index (χ4v) is 2.02. The van der Waals surface area contributed by atoms with Crippen molar-refractivity contribution in [2.75, 3.05) is 20.3 Å². The zero-order chi connectivity index (χ0) is 15.9. The summed E-state index contributed by atoms with van der Waals surface area (Å²) >= 11 is 0. The van der Waals surface area contributed by atoms with Gasteiger partial charge in [0.2, 0.25) is 0 Å². The highest BCUT2D eigenvalue weighted by Crippen LogP contribution is 2.25. The summed E-state index contributed by atoms with van der Waals surface area (Å²) in [4.78, 5) is 0. The molecule has 0 radical (unpaired) electrons. The fourth-order valence-electron chi connectivity index (χ4n) is 2.02. The minimum atomic E-state index is -0.151. The molecule has 0 aromatic heterocycles. The van der Waals surface area contributed by atoms with Crippen LogP contribution in [0.1, 0.15) is 45.8 Å². The second-order valence-electron chi connectivity index (χ2n) is 6.10. The van der Waals surface area contributed by atoms with E-state index in [0.29, 0.717) is 13.2 Å². The van der Waals surface area contributed by atoms with E-state index in [9.17, 15) is 0 Å². The maximum atomic E-state index is 6.20. The maximum absolute atomic E-state index is 6.20. The van der Waals surface area contributed by atoms with Crippen LogP contribution in [0, 0.1) is 0 Å². The third-order valence-electron chi connectivity index (χ3n) is 3.20. The summed E-state index contributed by atoms with van der Waals surface area (Å²) in [5.41, 5.74) is 7.09. The fraction of sp³-hybridized carbons (Fsp3) is 0.647. The molecule has 0 aliphatic carbocycles. The molecule has 0 fully saturated rings. The van der Waals surface area contributed by atoms with E-state index in [1.165, 1.54) is 0 Å². The Bertz CT molecular complexity index is 415. The number of nitrogens with two attached hydrogens (primary N) is 1. The van der Waals surface area contributed by atoms with E-state index in [2.05, 4.69) is 6.92 Å². The first kappa shape index (κ1) is 18.0. The van der Waals surface area contributed by atoms with Crippen LogP contribution in [-0.2, 0) is 9.47 Å². The summed E-state index contributed by atoms with van der Waals surface area (Å²) in [6.07, 6.45) is 0.704. The van der Waals surface area contributed by atoms with Crippen molar-refractivity contribution >= 4 is 0 Å². The van der Waals surface area contributed by atoms with Crippen molar-refractivity contribution in [3.05, 3.63) is 29.8 Å². The van der Waals surface area contributed by atoms with Gasteiger partial charge in [-0.15, -0.1) is 0 Å². The van der Waals surface area contributed by atoms with E-state index in [0.717, 1.165) is 17.7 Å². The Morgan fingerprint density at radius 1 is 1.19 bits per heavy atom. The Kier molecular flexibility index (Phi) is 7.15. The molecule has 0 amide bonds. The average Bonchev–Trinajstić information content (AvgIpc) is 2.45. The molecule has 0 saturated carbocycles. The Balaban J connectivity index is 2.67. The summed E-state index contributed by atoms with van der Waals surface area (Å²) in [5, 5.41) is 0. The first-order chi connectivity index (χ1) is 9.87.